The van der Waals surface area contributed by atoms with Gasteiger partial charge < -0.3 is 20.1 Å². The molecule has 3 N–H and O–H groups in total. The smallest absolute Gasteiger partial charge is 0.339 e. The standard InChI is InChI=1S/C12H17N3O8/c1-2-9(19)23-8(7-18)15-11(21)13(3-5-16)10(20)14(4-6-17)12(15)22/h2,8,16-18H,1,3-7H2. The maximum atomic E-state index is 12.2. The van der Waals surface area contributed by atoms with E-state index in [0.29, 0.717) is 13.7 Å². The van der Waals surface area contributed by atoms with Crippen LogP contribution in [0.4, 0.5) is 0 Å². The van der Waals surface area contributed by atoms with Gasteiger partial charge in [-0.3, -0.25) is 0 Å². The molecule has 0 aromatic carbocycles. The lowest BCUT2D eigenvalue weighted by Crippen LogP contribution is -2.56. The summed E-state index contributed by atoms with van der Waals surface area (Å²) >= 11 is 0. The van der Waals surface area contributed by atoms with Crippen molar-refractivity contribution in [3.63, 3.8) is 0 Å². The number of hydrogen-bond acceptors (Lipinski definition) is 8. The van der Waals surface area contributed by atoms with Gasteiger partial charge >= 0.3 is 23.0 Å². The highest BCUT2D eigenvalue weighted by Crippen LogP contribution is 2.02. The van der Waals surface area contributed by atoms with Crippen LogP contribution >= 0.6 is 0 Å². The second kappa shape index (κ2) is 8.22. The van der Waals surface area contributed by atoms with E-state index in [4.69, 9.17) is 14.9 Å². The lowest BCUT2D eigenvalue weighted by Gasteiger charge is -2.19. The van der Waals surface area contributed by atoms with Crippen molar-refractivity contribution in [3.8, 4) is 0 Å². The zero-order chi connectivity index (χ0) is 17.6. The van der Waals surface area contributed by atoms with Crippen LogP contribution in [0.25, 0.3) is 0 Å². The third-order valence-corrected chi connectivity index (χ3v) is 2.85. The van der Waals surface area contributed by atoms with E-state index in [9.17, 15) is 24.3 Å². The number of carbonyl (C=O) groups excluding carboxylic acids is 1. The Labute approximate surface area is 128 Å². The first-order valence-corrected chi connectivity index (χ1v) is 6.54. The first-order chi connectivity index (χ1) is 10.9. The number of hydrogen-bond donors (Lipinski definition) is 3. The van der Waals surface area contributed by atoms with Gasteiger partial charge in [0, 0.05) is 6.08 Å². The average Bonchev–Trinajstić information content (AvgIpc) is 2.54. The van der Waals surface area contributed by atoms with Crippen LogP contribution in [0.15, 0.2) is 27.0 Å². The molecule has 0 aliphatic carbocycles. The predicted molar refractivity (Wildman–Crippen MR) is 75.8 cm³/mol. The molecule has 1 aromatic rings. The van der Waals surface area contributed by atoms with Crippen LogP contribution in [0.1, 0.15) is 6.23 Å². The third-order valence-electron chi connectivity index (χ3n) is 2.85. The second-order valence-electron chi connectivity index (χ2n) is 4.25. The average molecular weight is 331 g/mol. The van der Waals surface area contributed by atoms with E-state index < -0.39 is 62.2 Å². The highest BCUT2D eigenvalue weighted by molar-refractivity contribution is 5.81. The molecule has 1 aromatic heterocycles. The lowest BCUT2D eigenvalue weighted by molar-refractivity contribution is -0.151. The molecule has 0 saturated carbocycles. The van der Waals surface area contributed by atoms with Gasteiger partial charge in [0.05, 0.1) is 26.3 Å². The second-order valence-corrected chi connectivity index (χ2v) is 4.25. The van der Waals surface area contributed by atoms with Crippen LogP contribution < -0.4 is 17.1 Å². The molecular formula is C12H17N3O8. The molecule has 23 heavy (non-hydrogen) atoms. The Morgan fingerprint density at radius 3 is 1.87 bits per heavy atom. The molecule has 0 aliphatic rings. The molecule has 0 bridgehead atoms. The maximum Gasteiger partial charge on any atom is 0.339 e. The summed E-state index contributed by atoms with van der Waals surface area (Å²) in [7, 11) is 0. The third kappa shape index (κ3) is 3.83. The minimum atomic E-state index is -1.68. The summed E-state index contributed by atoms with van der Waals surface area (Å²) in [6.45, 7) is 0.262. The molecule has 1 unspecified atom stereocenters. The normalized spacial score (nSPS) is 12.0. The molecule has 0 amide bonds. The number of aliphatic hydroxyl groups excluding tert-OH is 3. The van der Waals surface area contributed by atoms with E-state index in [1.165, 1.54) is 0 Å². The van der Waals surface area contributed by atoms with Crippen molar-refractivity contribution in [1.82, 2.24) is 13.7 Å². The molecular weight excluding hydrogens is 314 g/mol. The molecule has 0 radical (unpaired) electrons. The van der Waals surface area contributed by atoms with Crippen molar-refractivity contribution in [1.29, 1.82) is 0 Å². The fourth-order valence-corrected chi connectivity index (χ4v) is 1.83. The maximum absolute atomic E-state index is 12.2. The number of ether oxygens (including phenoxy) is 1. The van der Waals surface area contributed by atoms with Crippen molar-refractivity contribution >= 4 is 5.97 Å². The predicted octanol–water partition coefficient (Wildman–Crippen LogP) is -3.62. The number of carbonyl (C=O) groups is 1. The van der Waals surface area contributed by atoms with Gasteiger partial charge in [-0.15, -0.1) is 0 Å². The number of aliphatic hydroxyl groups is 3. The highest BCUT2D eigenvalue weighted by atomic mass is 16.6. The topological polar surface area (TPSA) is 153 Å². The summed E-state index contributed by atoms with van der Waals surface area (Å²) in [4.78, 5) is 47.8. The first kappa shape index (κ1) is 18.5. The summed E-state index contributed by atoms with van der Waals surface area (Å²) in [6, 6.07) is 0. The lowest BCUT2D eigenvalue weighted by atomic mass is 10.5. The first-order valence-electron chi connectivity index (χ1n) is 6.54. The molecule has 0 saturated heterocycles. The van der Waals surface area contributed by atoms with E-state index in [1.807, 2.05) is 0 Å². The summed E-state index contributed by atoms with van der Waals surface area (Å²) in [5, 5.41) is 27.2. The monoisotopic (exact) mass is 331 g/mol. The number of aromatic nitrogens is 3. The van der Waals surface area contributed by atoms with Crippen molar-refractivity contribution in [2.75, 3.05) is 19.8 Å². The number of rotatable bonds is 8. The van der Waals surface area contributed by atoms with Gasteiger partial charge in [0.15, 0.2) is 0 Å². The minimum Gasteiger partial charge on any atom is -0.435 e. The zero-order valence-electron chi connectivity index (χ0n) is 12.1. The van der Waals surface area contributed by atoms with Gasteiger partial charge in [0.2, 0.25) is 6.23 Å². The van der Waals surface area contributed by atoms with Crippen molar-refractivity contribution < 1.29 is 24.9 Å². The molecule has 128 valence electrons. The minimum absolute atomic E-state index is 0.355. The van der Waals surface area contributed by atoms with Gasteiger partial charge in [0.25, 0.3) is 0 Å². The van der Waals surface area contributed by atoms with E-state index in [2.05, 4.69) is 6.58 Å². The van der Waals surface area contributed by atoms with Crippen LogP contribution in [0, 0.1) is 0 Å². The Balaban J connectivity index is 3.66. The Hall–Kier alpha value is -2.50. The SMILES string of the molecule is C=CC(=O)OC(CO)n1c(=O)n(CCO)c(=O)n(CCO)c1=O. The van der Waals surface area contributed by atoms with E-state index in [-0.39, 0.29) is 0 Å². The Morgan fingerprint density at radius 2 is 1.52 bits per heavy atom. The Kier molecular flexibility index (Phi) is 6.63. The molecule has 1 heterocycles. The highest BCUT2D eigenvalue weighted by Gasteiger charge is 2.23. The molecule has 0 spiro atoms. The Bertz CT molecular complexity index is 700. The van der Waals surface area contributed by atoms with E-state index in [1.54, 1.807) is 0 Å². The largest absolute Gasteiger partial charge is 0.435 e. The van der Waals surface area contributed by atoms with Crippen LogP contribution in [-0.4, -0.2) is 54.8 Å². The van der Waals surface area contributed by atoms with Crippen LogP contribution in [0.2, 0.25) is 0 Å². The molecule has 0 fully saturated rings. The fraction of sp³-hybridized carbons (Fsp3) is 0.500. The molecule has 11 nitrogen and oxygen atoms in total. The number of esters is 1. The van der Waals surface area contributed by atoms with Gasteiger partial charge in [-0.25, -0.2) is 32.9 Å². The summed E-state index contributed by atoms with van der Waals surface area (Å²) in [5.41, 5.74) is -3.37. The van der Waals surface area contributed by atoms with Crippen molar-refractivity contribution in [2.45, 2.75) is 19.3 Å². The zero-order valence-corrected chi connectivity index (χ0v) is 12.1. The van der Waals surface area contributed by atoms with Crippen LogP contribution in [0.5, 0.6) is 0 Å². The van der Waals surface area contributed by atoms with Gasteiger partial charge in [0.1, 0.15) is 6.61 Å². The van der Waals surface area contributed by atoms with E-state index in [0.717, 1.165) is 6.08 Å². The Morgan fingerprint density at radius 1 is 1.04 bits per heavy atom. The molecule has 1 atom stereocenters. The quantitative estimate of drug-likeness (QED) is 0.326. The van der Waals surface area contributed by atoms with E-state index >= 15 is 0 Å². The summed E-state index contributed by atoms with van der Waals surface area (Å²) in [6.07, 6.45) is -0.917. The fourth-order valence-electron chi connectivity index (χ4n) is 1.83. The van der Waals surface area contributed by atoms with Crippen LogP contribution in [0.3, 0.4) is 0 Å². The number of nitrogens with zero attached hydrogens (tertiary/aromatic N) is 3. The van der Waals surface area contributed by atoms with Crippen LogP contribution in [-0.2, 0) is 22.6 Å². The summed E-state index contributed by atoms with van der Waals surface area (Å²) < 4.78 is 6.12. The van der Waals surface area contributed by atoms with Gasteiger partial charge in [-0.05, 0) is 0 Å². The summed E-state index contributed by atoms with van der Waals surface area (Å²) in [5.74, 6) is -0.996. The van der Waals surface area contributed by atoms with Crippen molar-refractivity contribution in [3.05, 3.63) is 44.1 Å². The van der Waals surface area contributed by atoms with Gasteiger partial charge in [-0.1, -0.05) is 6.58 Å². The van der Waals surface area contributed by atoms with Gasteiger partial charge in [-0.2, -0.15) is 0 Å². The molecule has 0 aliphatic heterocycles. The van der Waals surface area contributed by atoms with Crippen molar-refractivity contribution in [2.24, 2.45) is 0 Å². The molecule has 1 rings (SSSR count). The molecule has 11 heteroatoms.